The number of hydrogen-bond donors (Lipinski definition) is 1. The molecule has 6 heteroatoms. The van der Waals surface area contributed by atoms with E-state index >= 15 is 0 Å². The quantitative estimate of drug-likeness (QED) is 0.896. The summed E-state index contributed by atoms with van der Waals surface area (Å²) in [5.74, 6) is 0. The van der Waals surface area contributed by atoms with Crippen LogP contribution in [0.3, 0.4) is 0 Å². The molecule has 18 heavy (non-hydrogen) atoms. The van der Waals surface area contributed by atoms with Gasteiger partial charge in [0.1, 0.15) is 0 Å². The van der Waals surface area contributed by atoms with Gasteiger partial charge in [0.2, 0.25) is 10.0 Å². The first kappa shape index (κ1) is 14.0. The predicted molar refractivity (Wildman–Crippen MR) is 73.7 cm³/mol. The summed E-state index contributed by atoms with van der Waals surface area (Å²) in [4.78, 5) is 0. The summed E-state index contributed by atoms with van der Waals surface area (Å²) in [5, 5.41) is 10.6. The topological polar surface area (TPSA) is 57.6 Å². The molecule has 0 atom stereocenters. The SMILES string of the molecule is CS(=O)(=O)N1CCC(O)(c2ccc(Br)cc2)CC1. The van der Waals surface area contributed by atoms with Crippen molar-refractivity contribution in [2.75, 3.05) is 19.3 Å². The number of benzene rings is 1. The molecule has 1 N–H and O–H groups in total. The molecule has 1 aliphatic rings. The Balaban J connectivity index is 2.14. The van der Waals surface area contributed by atoms with Gasteiger partial charge in [0.05, 0.1) is 11.9 Å². The molecule has 0 amide bonds. The van der Waals surface area contributed by atoms with Crippen LogP contribution in [0.1, 0.15) is 18.4 Å². The third-order valence-electron chi connectivity index (χ3n) is 3.40. The van der Waals surface area contributed by atoms with Crippen molar-refractivity contribution in [3.05, 3.63) is 34.3 Å². The Hall–Kier alpha value is -0.430. The fraction of sp³-hybridized carbons (Fsp3) is 0.500. The van der Waals surface area contributed by atoms with Crippen molar-refractivity contribution in [1.29, 1.82) is 0 Å². The Morgan fingerprint density at radius 3 is 2.17 bits per heavy atom. The van der Waals surface area contributed by atoms with Crippen LogP contribution in [0.4, 0.5) is 0 Å². The van der Waals surface area contributed by atoms with E-state index in [4.69, 9.17) is 0 Å². The van der Waals surface area contributed by atoms with E-state index in [1.54, 1.807) is 0 Å². The van der Waals surface area contributed by atoms with Gasteiger partial charge < -0.3 is 5.11 Å². The van der Waals surface area contributed by atoms with Gasteiger partial charge in [-0.05, 0) is 30.5 Å². The van der Waals surface area contributed by atoms with Crippen molar-refractivity contribution in [2.24, 2.45) is 0 Å². The van der Waals surface area contributed by atoms with Gasteiger partial charge in [-0.25, -0.2) is 12.7 Å². The summed E-state index contributed by atoms with van der Waals surface area (Å²) < 4.78 is 25.2. The van der Waals surface area contributed by atoms with Crippen LogP contribution < -0.4 is 0 Å². The molecule has 1 saturated heterocycles. The molecule has 0 aromatic heterocycles. The van der Waals surface area contributed by atoms with Gasteiger partial charge in [-0.3, -0.25) is 0 Å². The van der Waals surface area contributed by atoms with E-state index in [9.17, 15) is 13.5 Å². The number of halogens is 1. The van der Waals surface area contributed by atoms with Gasteiger partial charge in [0.25, 0.3) is 0 Å². The number of aliphatic hydroxyl groups is 1. The zero-order valence-corrected chi connectivity index (χ0v) is 12.5. The highest BCUT2D eigenvalue weighted by Crippen LogP contribution is 2.33. The molecule has 0 spiro atoms. The van der Waals surface area contributed by atoms with Crippen molar-refractivity contribution in [3.8, 4) is 0 Å². The Labute approximate surface area is 116 Å². The van der Waals surface area contributed by atoms with Gasteiger partial charge in [0.15, 0.2) is 0 Å². The Kier molecular flexibility index (Phi) is 3.82. The first-order valence-corrected chi connectivity index (χ1v) is 8.39. The molecule has 2 rings (SSSR count). The second kappa shape index (κ2) is 4.92. The molecule has 1 aromatic carbocycles. The van der Waals surface area contributed by atoms with Gasteiger partial charge in [0, 0.05) is 17.6 Å². The normalized spacial score (nSPS) is 20.8. The second-order valence-corrected chi connectivity index (χ2v) is 7.60. The highest BCUT2D eigenvalue weighted by Gasteiger charge is 2.36. The molecule has 1 aromatic rings. The first-order valence-electron chi connectivity index (χ1n) is 5.75. The van der Waals surface area contributed by atoms with Crippen LogP contribution in [0.2, 0.25) is 0 Å². The minimum absolute atomic E-state index is 0.366. The molecular weight excluding hydrogens is 318 g/mol. The smallest absolute Gasteiger partial charge is 0.211 e. The summed E-state index contributed by atoms with van der Waals surface area (Å²) in [7, 11) is -3.15. The molecule has 1 aliphatic heterocycles. The zero-order chi connectivity index (χ0) is 13.4. The molecule has 0 unspecified atom stereocenters. The average Bonchev–Trinajstić information content (AvgIpc) is 2.29. The largest absolute Gasteiger partial charge is 0.385 e. The van der Waals surface area contributed by atoms with Crippen molar-refractivity contribution in [2.45, 2.75) is 18.4 Å². The molecular formula is C12H16BrNO3S. The molecule has 4 nitrogen and oxygen atoms in total. The molecule has 0 radical (unpaired) electrons. The van der Waals surface area contributed by atoms with Crippen molar-refractivity contribution in [3.63, 3.8) is 0 Å². The number of nitrogens with zero attached hydrogens (tertiary/aromatic N) is 1. The highest BCUT2D eigenvalue weighted by atomic mass is 79.9. The maximum Gasteiger partial charge on any atom is 0.211 e. The zero-order valence-electron chi connectivity index (χ0n) is 10.1. The minimum atomic E-state index is -3.15. The standard InChI is InChI=1S/C12H16BrNO3S/c1-18(16,17)14-8-6-12(15,7-9-14)10-2-4-11(13)5-3-10/h2-5,15H,6-9H2,1H3. The van der Waals surface area contributed by atoms with Crippen LogP contribution in [0.25, 0.3) is 0 Å². The van der Waals surface area contributed by atoms with Gasteiger partial charge >= 0.3 is 0 Å². The molecule has 0 saturated carbocycles. The van der Waals surface area contributed by atoms with E-state index in [2.05, 4.69) is 15.9 Å². The van der Waals surface area contributed by atoms with Crippen molar-refractivity contribution in [1.82, 2.24) is 4.31 Å². The van der Waals surface area contributed by atoms with E-state index in [0.717, 1.165) is 10.0 Å². The monoisotopic (exact) mass is 333 g/mol. The summed E-state index contributed by atoms with van der Waals surface area (Å²) in [6, 6.07) is 7.52. The average molecular weight is 334 g/mol. The van der Waals surface area contributed by atoms with Crippen molar-refractivity contribution >= 4 is 26.0 Å². The minimum Gasteiger partial charge on any atom is -0.385 e. The van der Waals surface area contributed by atoms with Crippen LogP contribution in [-0.4, -0.2) is 37.2 Å². The number of piperidine rings is 1. The Morgan fingerprint density at radius 1 is 1.22 bits per heavy atom. The molecule has 0 aliphatic carbocycles. The highest BCUT2D eigenvalue weighted by molar-refractivity contribution is 9.10. The van der Waals surface area contributed by atoms with Gasteiger partial charge in [-0.2, -0.15) is 0 Å². The second-order valence-electron chi connectivity index (χ2n) is 4.70. The fourth-order valence-electron chi connectivity index (χ4n) is 2.24. The molecule has 1 heterocycles. The van der Waals surface area contributed by atoms with Gasteiger partial charge in [-0.1, -0.05) is 28.1 Å². The fourth-order valence-corrected chi connectivity index (χ4v) is 3.35. The van der Waals surface area contributed by atoms with Crippen LogP contribution in [0.5, 0.6) is 0 Å². The summed E-state index contributed by atoms with van der Waals surface area (Å²) in [6.07, 6.45) is 2.07. The number of rotatable bonds is 2. The lowest BCUT2D eigenvalue weighted by Crippen LogP contribution is -2.44. The maximum atomic E-state index is 11.4. The maximum absolute atomic E-state index is 11.4. The molecule has 100 valence electrons. The third-order valence-corrected chi connectivity index (χ3v) is 5.23. The lowest BCUT2D eigenvalue weighted by Gasteiger charge is -2.37. The van der Waals surface area contributed by atoms with E-state index in [1.165, 1.54) is 10.6 Å². The summed E-state index contributed by atoms with van der Waals surface area (Å²) in [5.41, 5.74) is -0.0686. The summed E-state index contributed by atoms with van der Waals surface area (Å²) >= 11 is 3.35. The van der Waals surface area contributed by atoms with Crippen LogP contribution >= 0.6 is 15.9 Å². The van der Waals surface area contributed by atoms with E-state index < -0.39 is 15.6 Å². The Morgan fingerprint density at radius 2 is 1.72 bits per heavy atom. The summed E-state index contributed by atoms with van der Waals surface area (Å²) in [6.45, 7) is 0.733. The van der Waals surface area contributed by atoms with E-state index in [-0.39, 0.29) is 0 Å². The predicted octanol–water partition coefficient (Wildman–Crippen LogP) is 1.69. The Bertz CT molecular complexity index is 519. The van der Waals surface area contributed by atoms with Crippen LogP contribution in [0.15, 0.2) is 28.7 Å². The van der Waals surface area contributed by atoms with Gasteiger partial charge in [-0.15, -0.1) is 0 Å². The lowest BCUT2D eigenvalue weighted by atomic mass is 9.85. The molecule has 0 bridgehead atoms. The molecule has 1 fully saturated rings. The number of sulfonamides is 1. The van der Waals surface area contributed by atoms with Crippen LogP contribution in [0, 0.1) is 0 Å². The van der Waals surface area contributed by atoms with Crippen molar-refractivity contribution < 1.29 is 13.5 Å². The van der Waals surface area contributed by atoms with E-state index in [1.807, 2.05) is 24.3 Å². The third kappa shape index (κ3) is 2.93. The van der Waals surface area contributed by atoms with Crippen LogP contribution in [-0.2, 0) is 15.6 Å². The first-order chi connectivity index (χ1) is 8.31. The number of hydrogen-bond acceptors (Lipinski definition) is 3. The lowest BCUT2D eigenvalue weighted by molar-refractivity contribution is -0.00950. The van der Waals surface area contributed by atoms with E-state index in [0.29, 0.717) is 25.9 Å².